The normalized spacial score (nSPS) is 39.4. The van der Waals surface area contributed by atoms with E-state index in [9.17, 15) is 89.7 Å². The summed E-state index contributed by atoms with van der Waals surface area (Å²) in [4.78, 5) is 57.5. The van der Waals surface area contributed by atoms with Crippen molar-refractivity contribution in [1.29, 1.82) is 0 Å². The number of likely N-dealkylation sites (N-methyl/N-ethyl adjacent to an activating group) is 4. The van der Waals surface area contributed by atoms with Crippen LogP contribution in [0.4, 0.5) is 20.2 Å². The molecule has 38 atom stereocenters. The van der Waals surface area contributed by atoms with E-state index in [1.165, 1.54) is 86.0 Å². The zero-order chi connectivity index (χ0) is 107. The van der Waals surface area contributed by atoms with E-state index < -0.39 is 238 Å². The van der Waals surface area contributed by atoms with Crippen molar-refractivity contribution in [2.75, 3.05) is 81.8 Å². The Hall–Kier alpha value is -7.04. The van der Waals surface area contributed by atoms with E-state index in [0.29, 0.717) is 74.7 Å². The molecule has 10 N–H and O–H groups in total. The Kier molecular flexibility index (Phi) is 43.2. The number of methoxy groups -OCH3 is 2. The van der Waals surface area contributed by atoms with E-state index in [1.54, 1.807) is 109 Å². The quantitative estimate of drug-likeness (QED) is 0.0135. The summed E-state index contributed by atoms with van der Waals surface area (Å²) >= 11 is 0. The molecule has 2 aromatic heterocycles. The molecule has 6 saturated heterocycles. The van der Waals surface area contributed by atoms with Crippen LogP contribution in [0.5, 0.6) is 11.5 Å². The van der Waals surface area contributed by atoms with Crippen molar-refractivity contribution >= 4 is 23.3 Å². The summed E-state index contributed by atoms with van der Waals surface area (Å²) in [5.41, 5.74) is -8.27. The Morgan fingerprint density at radius 2 is 0.840 bits per heavy atom. The molecule has 0 saturated carbocycles. The Morgan fingerprint density at radius 1 is 0.507 bits per heavy atom. The number of esters is 2. The van der Waals surface area contributed by atoms with E-state index in [1.807, 2.05) is 75.5 Å². The maximum absolute atomic E-state index is 14.9. The van der Waals surface area contributed by atoms with Crippen molar-refractivity contribution in [3.8, 4) is 11.5 Å². The number of cyclic esters (lactones) is 2. The molecular weight excluding hydrogens is 1890 g/mol. The molecule has 8 heterocycles. The van der Waals surface area contributed by atoms with Gasteiger partial charge in [-0.15, -0.1) is 10.2 Å². The fourth-order valence-electron chi connectivity index (χ4n) is 21.5. The molecule has 42 nitrogen and oxygen atoms in total. The number of benzene rings is 2. The molecule has 144 heavy (non-hydrogen) atoms. The zero-order valence-corrected chi connectivity index (χ0v) is 88.7. The van der Waals surface area contributed by atoms with Crippen molar-refractivity contribution in [3.63, 3.8) is 0 Å². The maximum Gasteiger partial charge on any atom is 0.311 e. The zero-order valence-electron chi connectivity index (χ0n) is 88.7. The summed E-state index contributed by atoms with van der Waals surface area (Å²) in [7, 11) is 10.3. The highest BCUT2D eigenvalue weighted by molar-refractivity contribution is 5.73. The van der Waals surface area contributed by atoms with Crippen LogP contribution in [0.1, 0.15) is 201 Å². The van der Waals surface area contributed by atoms with Gasteiger partial charge in [-0.3, -0.25) is 29.8 Å². The number of nitro benzene ring substituents is 2. The standard InChI is InChI=1S/2C50H83FN6O15/c2*1-14-39-50(10,63)43(59)32(6)55(12)24-28(2)22-48(8,62)45(30(4)42(31(5)46(61)70-39)71-40-23-49(9,66-13)44(60)33(7)69-40)72-47-41(58)38(21-29(3)68-47)54(11)20-19-35-26-56(53-52-35)25-34(51)27-67-37-17-15-36(16-18-37)57(64)65/h2*15-18,26,28-34,38-45,47,58-60,62-63H,14,19-25,27H2,1-13H3/t28-,29-,30+,31-,32-,33+,34+,38+,39-,40+,41-,42+,43-,44+,45-,47+,48-,49-,50-;28-,29-,30+,31-,32-,33+,34-,38+,39-,40+,41-,42+,43-,44+,45-,47+,48-,49-,50-/m11/s1. The van der Waals surface area contributed by atoms with Crippen LogP contribution in [-0.2, 0) is 92.4 Å². The summed E-state index contributed by atoms with van der Waals surface area (Å²) in [6.45, 7) is 35.3. The third kappa shape index (κ3) is 30.7. The number of nitro groups is 2. The summed E-state index contributed by atoms with van der Waals surface area (Å²) in [6, 6.07) is 8.54. The van der Waals surface area contributed by atoms with Gasteiger partial charge in [-0.25, -0.2) is 18.1 Å². The van der Waals surface area contributed by atoms with Gasteiger partial charge < -0.3 is 137 Å². The Balaban J connectivity index is 0.000000321. The number of carbonyl (C=O) groups excluding carboxylic acids is 2. The van der Waals surface area contributed by atoms with Crippen LogP contribution in [0.25, 0.3) is 0 Å². The fraction of sp³-hybridized carbons (Fsp3) is 0.820. The van der Waals surface area contributed by atoms with Crippen LogP contribution >= 0.6 is 0 Å². The molecule has 0 unspecified atom stereocenters. The smallest absolute Gasteiger partial charge is 0.311 e. The number of hydrogen-bond donors (Lipinski definition) is 10. The first-order valence-electron chi connectivity index (χ1n) is 50.6. The molecule has 6 aliphatic rings. The number of non-ortho nitro benzene ring substituents is 2. The van der Waals surface area contributed by atoms with Crippen LogP contribution in [0, 0.1) is 55.7 Å². The van der Waals surface area contributed by atoms with Crippen molar-refractivity contribution in [2.24, 2.45) is 35.5 Å². The van der Waals surface area contributed by atoms with Crippen molar-refractivity contribution in [1.82, 2.24) is 49.6 Å². The van der Waals surface area contributed by atoms with Gasteiger partial charge in [0.1, 0.15) is 84.7 Å². The number of aromatic nitrogens is 6. The molecule has 0 aliphatic carbocycles. The van der Waals surface area contributed by atoms with Gasteiger partial charge in [0.15, 0.2) is 37.5 Å². The van der Waals surface area contributed by atoms with Crippen molar-refractivity contribution in [3.05, 3.63) is 92.5 Å². The number of nitrogens with zero attached hydrogens (tertiary/aromatic N) is 12. The van der Waals surface area contributed by atoms with Crippen molar-refractivity contribution < 1.29 is 146 Å². The SMILES string of the molecule is CC[C@H]1OC(=O)[C@H](C)[C@@H](O[C@H]2C[C@@](C)(OC)[C@@H](O)[C@H](C)O2)[C@H](C)[C@@H](O[C@@H]2O[C@H](C)C[C@H](N(C)CCc3cn(C[C@@H](F)COc4ccc([N+](=O)[O-])cc4)nn3)[C@H]2O)[C@](C)(O)C[C@@H](C)CN(C)[C@H](C)[C@@H](O)[C@]1(C)O.CC[C@H]1OC(=O)[C@H](C)[C@@H](O[C@H]2C[C@@](C)(OC)[C@@H](O)[C@H](C)O2)[C@H](C)[C@@H](O[C@@H]2O[C@H](C)C[C@H](N(C)CCc3cn(C[C@H](F)COc4ccc([N+](=O)[O-])cc4)nn3)[C@H]2O)[C@](C)(O)C[C@@H](C)CN(C)[C@H](C)[C@@H](O)[C@]1(C)O. The van der Waals surface area contributed by atoms with Crippen LogP contribution in [0.2, 0.25) is 0 Å². The number of ether oxygens (including phenoxy) is 14. The maximum atomic E-state index is 14.9. The van der Waals surface area contributed by atoms with Gasteiger partial charge in [-0.05, 0) is 200 Å². The number of alkyl halides is 2. The van der Waals surface area contributed by atoms with E-state index in [2.05, 4.69) is 20.6 Å². The third-order valence-corrected chi connectivity index (χ3v) is 30.6. The van der Waals surface area contributed by atoms with E-state index >= 15 is 0 Å². The van der Waals surface area contributed by atoms with Crippen LogP contribution in [0.15, 0.2) is 60.9 Å². The number of rotatable bonds is 32. The average Bonchev–Trinajstić information content (AvgIpc) is 1.16. The lowest BCUT2D eigenvalue weighted by Crippen LogP contribution is -2.61. The first kappa shape index (κ1) is 120. The molecule has 44 heteroatoms. The first-order chi connectivity index (χ1) is 67.2. The molecule has 2 aromatic carbocycles. The number of aliphatic hydroxyl groups excluding tert-OH is 6. The molecule has 820 valence electrons. The summed E-state index contributed by atoms with van der Waals surface area (Å²) < 4.78 is 120. The van der Waals surface area contributed by atoms with E-state index in [-0.39, 0.29) is 88.0 Å². The molecule has 6 fully saturated rings. The molecule has 4 aromatic rings. The Morgan fingerprint density at radius 3 is 1.15 bits per heavy atom. The lowest BCUT2D eigenvalue weighted by atomic mass is 9.77. The summed E-state index contributed by atoms with van der Waals surface area (Å²) in [5, 5.41) is 158. The third-order valence-electron chi connectivity index (χ3n) is 30.6. The molecule has 6 aliphatic heterocycles. The topological polar surface area (TPSA) is 526 Å². The van der Waals surface area contributed by atoms with E-state index in [4.69, 9.17) is 66.3 Å². The monoisotopic (exact) mass is 2050 g/mol. The van der Waals surface area contributed by atoms with Gasteiger partial charge >= 0.3 is 11.9 Å². The summed E-state index contributed by atoms with van der Waals surface area (Å²) in [5.74, 6) is -5.24. The molecular formula is C100H166F2N12O30. The predicted molar refractivity (Wildman–Crippen MR) is 521 cm³/mol. The lowest BCUT2D eigenvalue weighted by Gasteiger charge is -2.49. The Labute approximate surface area is 844 Å². The van der Waals surface area contributed by atoms with Crippen LogP contribution in [-0.4, -0.2) is 397 Å². The number of hydrogen-bond acceptors (Lipinski definition) is 38. The predicted octanol–water partition coefficient (Wildman–Crippen LogP) is 6.86. The van der Waals surface area contributed by atoms with Gasteiger partial charge in [0.25, 0.3) is 11.4 Å². The minimum absolute atomic E-state index is 0.0748. The van der Waals surface area contributed by atoms with Gasteiger partial charge in [-0.2, -0.15) is 0 Å². The van der Waals surface area contributed by atoms with Crippen molar-refractivity contribution in [2.45, 2.75) is 409 Å². The van der Waals surface area contributed by atoms with Gasteiger partial charge in [0.2, 0.25) is 0 Å². The molecule has 0 amide bonds. The van der Waals surface area contributed by atoms with Gasteiger partial charge in [-0.1, -0.05) is 52.0 Å². The second-order valence-electron chi connectivity index (χ2n) is 43.0. The lowest BCUT2D eigenvalue weighted by molar-refractivity contribution is -0.385. The first-order valence-corrected chi connectivity index (χ1v) is 50.6. The van der Waals surface area contributed by atoms with Gasteiger partial charge in [0.05, 0.1) is 117 Å². The number of carbonyl (C=O) groups is 2. The fourth-order valence-corrected chi connectivity index (χ4v) is 21.5. The van der Waals surface area contributed by atoms with Gasteiger partial charge in [0, 0.05) is 139 Å². The highest BCUT2D eigenvalue weighted by atomic mass is 19.1. The summed E-state index contributed by atoms with van der Waals surface area (Å²) in [6.07, 6.45) is -18.0. The molecule has 0 radical (unpaired) electrons. The van der Waals surface area contributed by atoms with E-state index in [0.717, 1.165) is 0 Å². The average molecular weight is 2050 g/mol. The second-order valence-corrected chi connectivity index (χ2v) is 43.0. The molecule has 10 rings (SSSR count). The molecule has 0 spiro atoms. The number of aliphatic hydroxyl groups is 10. The minimum atomic E-state index is -1.86. The molecule has 0 bridgehead atoms. The highest BCUT2D eigenvalue weighted by Gasteiger charge is 2.57. The second kappa shape index (κ2) is 51.7. The Bertz CT molecular complexity index is 4350. The largest absolute Gasteiger partial charge is 0.490 e. The highest BCUT2D eigenvalue weighted by Crippen LogP contribution is 2.45. The minimum Gasteiger partial charge on any atom is -0.490 e. The van der Waals surface area contributed by atoms with Crippen LogP contribution in [0.3, 0.4) is 0 Å². The number of halogens is 2. The van der Waals surface area contributed by atoms with Crippen LogP contribution < -0.4 is 9.47 Å².